The highest BCUT2D eigenvalue weighted by Gasteiger charge is 2.23. The van der Waals surface area contributed by atoms with E-state index in [1.54, 1.807) is 85.8 Å². The summed E-state index contributed by atoms with van der Waals surface area (Å²) >= 11 is 5.90. The summed E-state index contributed by atoms with van der Waals surface area (Å²) < 4.78 is 32.6. The molecule has 0 saturated carbocycles. The molecule has 0 aromatic heterocycles. The van der Waals surface area contributed by atoms with Crippen LogP contribution in [0.5, 0.6) is 5.75 Å². The van der Waals surface area contributed by atoms with Crippen molar-refractivity contribution in [3.63, 3.8) is 0 Å². The molecule has 0 aliphatic heterocycles. The lowest BCUT2D eigenvalue weighted by atomic mass is 10.3. The minimum Gasteiger partial charge on any atom is -0.484 e. The maximum Gasteiger partial charge on any atom is 0.264 e. The van der Waals surface area contributed by atoms with Crippen molar-refractivity contribution in [2.75, 3.05) is 22.8 Å². The van der Waals surface area contributed by atoms with Gasteiger partial charge in [0.2, 0.25) is 0 Å². The van der Waals surface area contributed by atoms with Crippen LogP contribution in [-0.2, 0) is 14.8 Å². The van der Waals surface area contributed by atoms with Crippen molar-refractivity contribution in [3.8, 4) is 5.75 Å². The van der Waals surface area contributed by atoms with Crippen molar-refractivity contribution in [1.29, 1.82) is 0 Å². The monoisotopic (exact) mass is 444 g/mol. The number of halogens is 1. The van der Waals surface area contributed by atoms with Crippen LogP contribution >= 0.6 is 11.6 Å². The third kappa shape index (κ3) is 5.31. The molecule has 30 heavy (non-hydrogen) atoms. The second kappa shape index (κ2) is 9.65. The van der Waals surface area contributed by atoms with Crippen LogP contribution in [0.25, 0.3) is 0 Å². The summed E-state index contributed by atoms with van der Waals surface area (Å²) in [6.45, 7) is 1.86. The Morgan fingerprint density at radius 2 is 1.70 bits per heavy atom. The molecule has 1 amide bonds. The average molecular weight is 445 g/mol. The zero-order valence-electron chi connectivity index (χ0n) is 16.3. The standard InChI is InChI=1S/C22H21ClN2O4S/c1-2-25(30(27,28)21-9-4-3-5-10-21)19-11-13-20(14-12-19)29-16-22(26)24-18-8-6-7-17(23)15-18/h3-15H,2,16H2,1H3,(H,24,26). The number of ether oxygens (including phenoxy) is 1. The van der Waals surface area contributed by atoms with Crippen LogP contribution in [0.2, 0.25) is 5.02 Å². The minimum absolute atomic E-state index is 0.189. The fraction of sp³-hybridized carbons (Fsp3) is 0.136. The van der Waals surface area contributed by atoms with E-state index in [0.29, 0.717) is 22.1 Å². The van der Waals surface area contributed by atoms with E-state index in [-0.39, 0.29) is 24.0 Å². The Labute approximate surface area is 181 Å². The zero-order chi connectivity index (χ0) is 21.6. The Balaban J connectivity index is 1.64. The third-order valence-corrected chi connectivity index (χ3v) is 6.37. The number of carbonyl (C=O) groups is 1. The molecule has 3 aromatic carbocycles. The van der Waals surface area contributed by atoms with Gasteiger partial charge in [-0.2, -0.15) is 0 Å². The fourth-order valence-electron chi connectivity index (χ4n) is 2.83. The van der Waals surface area contributed by atoms with Gasteiger partial charge in [0.25, 0.3) is 15.9 Å². The molecule has 0 aliphatic carbocycles. The smallest absolute Gasteiger partial charge is 0.264 e. The molecule has 3 aromatic rings. The lowest BCUT2D eigenvalue weighted by molar-refractivity contribution is -0.118. The minimum atomic E-state index is -3.66. The number of hydrogen-bond acceptors (Lipinski definition) is 4. The number of hydrogen-bond donors (Lipinski definition) is 1. The van der Waals surface area contributed by atoms with E-state index in [9.17, 15) is 13.2 Å². The van der Waals surface area contributed by atoms with Crippen LogP contribution in [-0.4, -0.2) is 27.5 Å². The first-order valence-corrected chi connectivity index (χ1v) is 11.1. The van der Waals surface area contributed by atoms with Gasteiger partial charge in [0.15, 0.2) is 6.61 Å². The highest BCUT2D eigenvalue weighted by molar-refractivity contribution is 7.92. The predicted octanol–water partition coefficient (Wildman–Crippen LogP) is 4.57. The number of sulfonamides is 1. The van der Waals surface area contributed by atoms with E-state index >= 15 is 0 Å². The summed E-state index contributed by atoms with van der Waals surface area (Å²) in [5.74, 6) is 0.122. The van der Waals surface area contributed by atoms with E-state index in [1.807, 2.05) is 0 Å². The molecule has 1 N–H and O–H groups in total. The fourth-order valence-corrected chi connectivity index (χ4v) is 4.52. The van der Waals surface area contributed by atoms with Crippen LogP contribution in [0.15, 0.2) is 83.8 Å². The van der Waals surface area contributed by atoms with Gasteiger partial charge in [-0.1, -0.05) is 35.9 Å². The van der Waals surface area contributed by atoms with E-state index in [4.69, 9.17) is 16.3 Å². The van der Waals surface area contributed by atoms with Gasteiger partial charge < -0.3 is 10.1 Å². The van der Waals surface area contributed by atoms with Gasteiger partial charge in [0.05, 0.1) is 10.6 Å². The van der Waals surface area contributed by atoms with Crippen LogP contribution < -0.4 is 14.4 Å². The predicted molar refractivity (Wildman–Crippen MR) is 119 cm³/mol. The number of nitrogens with one attached hydrogen (secondary N) is 1. The number of nitrogens with zero attached hydrogens (tertiary/aromatic N) is 1. The molecular formula is C22H21ClN2O4S. The van der Waals surface area contributed by atoms with Crippen molar-refractivity contribution < 1.29 is 17.9 Å². The highest BCUT2D eigenvalue weighted by Crippen LogP contribution is 2.25. The van der Waals surface area contributed by atoms with Crippen molar-refractivity contribution in [1.82, 2.24) is 0 Å². The maximum atomic E-state index is 12.9. The first kappa shape index (κ1) is 21.7. The Hall–Kier alpha value is -3.03. The maximum absolute atomic E-state index is 12.9. The van der Waals surface area contributed by atoms with Gasteiger partial charge >= 0.3 is 0 Å². The van der Waals surface area contributed by atoms with Crippen molar-refractivity contribution in [3.05, 3.63) is 83.9 Å². The lowest BCUT2D eigenvalue weighted by Crippen LogP contribution is -2.30. The van der Waals surface area contributed by atoms with Gasteiger partial charge in [-0.25, -0.2) is 8.42 Å². The molecule has 8 heteroatoms. The molecule has 0 fully saturated rings. The molecule has 6 nitrogen and oxygen atoms in total. The van der Waals surface area contributed by atoms with E-state index in [2.05, 4.69) is 5.32 Å². The van der Waals surface area contributed by atoms with Gasteiger partial charge in [-0.15, -0.1) is 0 Å². The third-order valence-electron chi connectivity index (χ3n) is 4.22. The molecule has 0 atom stereocenters. The zero-order valence-corrected chi connectivity index (χ0v) is 17.9. The summed E-state index contributed by atoms with van der Waals surface area (Å²) in [6, 6.07) is 21.6. The molecule has 156 valence electrons. The summed E-state index contributed by atoms with van der Waals surface area (Å²) in [5.41, 5.74) is 1.09. The lowest BCUT2D eigenvalue weighted by Gasteiger charge is -2.23. The molecule has 0 saturated heterocycles. The van der Waals surface area contributed by atoms with Crippen LogP contribution in [0, 0.1) is 0 Å². The molecule has 0 radical (unpaired) electrons. The molecule has 3 rings (SSSR count). The summed E-state index contributed by atoms with van der Waals surface area (Å²) in [4.78, 5) is 12.3. The Kier molecular flexibility index (Phi) is 6.97. The molecular weight excluding hydrogens is 424 g/mol. The first-order valence-electron chi connectivity index (χ1n) is 9.26. The molecule has 0 aliphatic rings. The van der Waals surface area contributed by atoms with E-state index in [0.717, 1.165) is 0 Å². The van der Waals surface area contributed by atoms with Crippen LogP contribution in [0.3, 0.4) is 0 Å². The molecule has 0 unspecified atom stereocenters. The van der Waals surface area contributed by atoms with Gasteiger partial charge in [-0.05, 0) is 61.5 Å². The topological polar surface area (TPSA) is 75.7 Å². The van der Waals surface area contributed by atoms with Crippen molar-refractivity contribution in [2.24, 2.45) is 0 Å². The van der Waals surface area contributed by atoms with E-state index < -0.39 is 10.0 Å². The quantitative estimate of drug-likeness (QED) is 0.552. The van der Waals surface area contributed by atoms with Gasteiger partial charge in [0, 0.05) is 17.3 Å². The number of rotatable bonds is 8. The number of amides is 1. The Morgan fingerprint density at radius 1 is 1.00 bits per heavy atom. The summed E-state index contributed by atoms with van der Waals surface area (Å²) in [5, 5.41) is 3.22. The first-order chi connectivity index (χ1) is 14.4. The molecule has 0 bridgehead atoms. The summed E-state index contributed by atoms with van der Waals surface area (Å²) in [6.07, 6.45) is 0. The number of anilines is 2. The van der Waals surface area contributed by atoms with Gasteiger partial charge in [-0.3, -0.25) is 9.10 Å². The second-order valence-electron chi connectivity index (χ2n) is 6.32. The van der Waals surface area contributed by atoms with Crippen LogP contribution in [0.1, 0.15) is 6.92 Å². The Bertz CT molecular complexity index is 1100. The van der Waals surface area contributed by atoms with Crippen LogP contribution in [0.4, 0.5) is 11.4 Å². The second-order valence-corrected chi connectivity index (χ2v) is 8.62. The van der Waals surface area contributed by atoms with Gasteiger partial charge in [0.1, 0.15) is 5.75 Å². The highest BCUT2D eigenvalue weighted by atomic mass is 35.5. The SMILES string of the molecule is CCN(c1ccc(OCC(=O)Nc2cccc(Cl)c2)cc1)S(=O)(=O)c1ccccc1. The number of carbonyl (C=O) groups excluding carboxylic acids is 1. The molecule has 0 heterocycles. The average Bonchev–Trinajstić information content (AvgIpc) is 2.74. The van der Waals surface area contributed by atoms with Crippen molar-refractivity contribution >= 4 is 38.9 Å². The summed E-state index contributed by atoms with van der Waals surface area (Å²) in [7, 11) is -3.66. The largest absolute Gasteiger partial charge is 0.484 e. The molecule has 0 spiro atoms. The van der Waals surface area contributed by atoms with E-state index in [1.165, 1.54) is 4.31 Å². The van der Waals surface area contributed by atoms with Crippen molar-refractivity contribution in [2.45, 2.75) is 11.8 Å². The number of benzene rings is 3. The normalized spacial score (nSPS) is 11.0. The Morgan fingerprint density at radius 3 is 2.33 bits per heavy atom.